The Morgan fingerprint density at radius 1 is 1.60 bits per heavy atom. The van der Waals surface area contributed by atoms with E-state index in [1.165, 1.54) is 17.4 Å². The second-order valence-electron chi connectivity index (χ2n) is 3.97. The number of carboxylic acid groups (broad SMARTS) is 2. The lowest BCUT2D eigenvalue weighted by atomic mass is 10.0. The molecule has 2 heterocycles. The van der Waals surface area contributed by atoms with Crippen molar-refractivity contribution < 1.29 is 24.6 Å². The number of thiophene rings is 1. The van der Waals surface area contributed by atoms with Crippen molar-refractivity contribution >= 4 is 29.1 Å². The molecule has 2 N–H and O–H groups in total. The van der Waals surface area contributed by atoms with Crippen LogP contribution in [-0.4, -0.2) is 46.0 Å². The van der Waals surface area contributed by atoms with Crippen molar-refractivity contribution in [2.45, 2.75) is 6.04 Å². The lowest BCUT2D eigenvalue weighted by molar-refractivity contribution is -0.142. The van der Waals surface area contributed by atoms with Crippen LogP contribution < -0.4 is 0 Å². The van der Waals surface area contributed by atoms with Crippen molar-refractivity contribution in [2.24, 2.45) is 5.16 Å². The Morgan fingerprint density at radius 3 is 2.95 bits per heavy atom. The first-order valence-electron chi connectivity index (χ1n) is 5.66. The fourth-order valence-corrected chi connectivity index (χ4v) is 2.94. The summed E-state index contributed by atoms with van der Waals surface area (Å²) in [7, 11) is 0. The van der Waals surface area contributed by atoms with E-state index in [0.29, 0.717) is 16.2 Å². The van der Waals surface area contributed by atoms with Crippen LogP contribution in [0.4, 0.5) is 4.79 Å². The average molecular weight is 296 g/mol. The van der Waals surface area contributed by atoms with Gasteiger partial charge in [0, 0.05) is 10.4 Å². The third-order valence-electron chi connectivity index (χ3n) is 2.73. The Bertz CT molecular complexity index is 580. The van der Waals surface area contributed by atoms with Crippen LogP contribution >= 0.6 is 11.3 Å². The molecular formula is C12H12N2O5S. The Kier molecular flexibility index (Phi) is 4.04. The van der Waals surface area contributed by atoms with Gasteiger partial charge < -0.3 is 15.1 Å². The minimum Gasteiger partial charge on any atom is -0.479 e. The van der Waals surface area contributed by atoms with E-state index in [-0.39, 0.29) is 13.2 Å². The molecule has 2 rings (SSSR count). The summed E-state index contributed by atoms with van der Waals surface area (Å²) < 4.78 is 0. The molecule has 0 fully saturated rings. The molecule has 1 aromatic heterocycles. The molecule has 1 unspecified atom stereocenters. The summed E-state index contributed by atoms with van der Waals surface area (Å²) >= 11 is 1.18. The number of hydrogen-bond donors (Lipinski definition) is 2. The Balaban J connectivity index is 2.42. The van der Waals surface area contributed by atoms with Gasteiger partial charge in [-0.15, -0.1) is 11.3 Å². The predicted octanol–water partition coefficient (Wildman–Crippen LogP) is 1.77. The molecule has 0 aliphatic carbocycles. The number of rotatable bonds is 4. The molecule has 0 saturated heterocycles. The molecule has 1 atom stereocenters. The molecule has 1 amide bonds. The first kappa shape index (κ1) is 14.1. The average Bonchev–Trinajstić information content (AvgIpc) is 2.86. The maximum Gasteiger partial charge on any atom is 0.408 e. The summed E-state index contributed by atoms with van der Waals surface area (Å²) in [5.74, 6) is -1.21. The highest BCUT2D eigenvalue weighted by Gasteiger charge is 2.40. The quantitative estimate of drug-likeness (QED) is 0.501. The first-order valence-corrected chi connectivity index (χ1v) is 6.54. The van der Waals surface area contributed by atoms with Crippen LogP contribution in [-0.2, 0) is 9.63 Å². The monoisotopic (exact) mass is 296 g/mol. The molecule has 1 aromatic rings. The van der Waals surface area contributed by atoms with Gasteiger partial charge in [0.1, 0.15) is 12.3 Å². The number of carboxylic acids is 1. The van der Waals surface area contributed by atoms with Gasteiger partial charge in [-0.3, -0.25) is 4.90 Å². The largest absolute Gasteiger partial charge is 0.479 e. The molecule has 1 aliphatic heterocycles. The van der Waals surface area contributed by atoms with Gasteiger partial charge in [-0.1, -0.05) is 17.8 Å². The lowest BCUT2D eigenvalue weighted by Gasteiger charge is -2.30. The summed E-state index contributed by atoms with van der Waals surface area (Å²) in [4.78, 5) is 28.8. The summed E-state index contributed by atoms with van der Waals surface area (Å²) in [5, 5.41) is 24.0. The third-order valence-corrected chi connectivity index (χ3v) is 3.70. The van der Waals surface area contributed by atoms with Crippen molar-refractivity contribution in [3.05, 3.63) is 34.5 Å². The zero-order chi connectivity index (χ0) is 14.7. The van der Waals surface area contributed by atoms with Gasteiger partial charge in [-0.2, -0.15) is 0 Å². The molecule has 0 spiro atoms. The highest BCUT2D eigenvalue weighted by molar-refractivity contribution is 7.10. The van der Waals surface area contributed by atoms with E-state index in [1.807, 2.05) is 0 Å². The smallest absolute Gasteiger partial charge is 0.408 e. The molecular weight excluding hydrogens is 284 g/mol. The number of aliphatic carboxylic acids is 1. The fourth-order valence-electron chi connectivity index (χ4n) is 1.92. The van der Waals surface area contributed by atoms with Crippen molar-refractivity contribution in [3.63, 3.8) is 0 Å². The van der Waals surface area contributed by atoms with Crippen molar-refractivity contribution in [3.8, 4) is 0 Å². The van der Waals surface area contributed by atoms with Crippen molar-refractivity contribution in [1.29, 1.82) is 0 Å². The SMILES string of the molecule is C=CCON=C1CN(C(=O)O)C(C(=O)O)c2sccc21. The van der Waals surface area contributed by atoms with Crippen LogP contribution in [0.5, 0.6) is 0 Å². The Labute approximate surface area is 118 Å². The second-order valence-corrected chi connectivity index (χ2v) is 4.92. The van der Waals surface area contributed by atoms with Crippen molar-refractivity contribution in [2.75, 3.05) is 13.2 Å². The van der Waals surface area contributed by atoms with Crippen LogP contribution in [0.1, 0.15) is 16.5 Å². The normalized spacial score (nSPS) is 19.5. The second kappa shape index (κ2) is 5.74. The molecule has 1 aliphatic rings. The Hall–Kier alpha value is -2.35. The zero-order valence-corrected chi connectivity index (χ0v) is 11.2. The number of amides is 1. The van der Waals surface area contributed by atoms with E-state index in [4.69, 9.17) is 9.94 Å². The molecule has 106 valence electrons. The highest BCUT2D eigenvalue weighted by atomic mass is 32.1. The van der Waals surface area contributed by atoms with Gasteiger partial charge in [0.15, 0.2) is 6.04 Å². The minimum absolute atomic E-state index is 0.132. The molecule has 0 radical (unpaired) electrons. The number of nitrogens with zero attached hydrogens (tertiary/aromatic N) is 2. The third kappa shape index (κ3) is 2.50. The highest BCUT2D eigenvalue weighted by Crippen LogP contribution is 2.34. The number of carbonyl (C=O) groups is 2. The van der Waals surface area contributed by atoms with E-state index < -0.39 is 18.1 Å². The fraction of sp³-hybridized carbons (Fsp3) is 0.250. The van der Waals surface area contributed by atoms with Crippen LogP contribution in [0.15, 0.2) is 29.3 Å². The minimum atomic E-state index is -1.31. The molecule has 0 saturated carbocycles. The van der Waals surface area contributed by atoms with Gasteiger partial charge in [0.2, 0.25) is 0 Å². The van der Waals surface area contributed by atoms with E-state index in [0.717, 1.165) is 4.90 Å². The summed E-state index contributed by atoms with van der Waals surface area (Å²) in [6.45, 7) is 3.54. The molecule has 20 heavy (non-hydrogen) atoms. The summed E-state index contributed by atoms with van der Waals surface area (Å²) in [6.07, 6.45) is 0.198. The Morgan fingerprint density at radius 2 is 2.35 bits per heavy atom. The van der Waals surface area contributed by atoms with Crippen molar-refractivity contribution in [1.82, 2.24) is 4.90 Å². The molecule has 0 bridgehead atoms. The van der Waals surface area contributed by atoms with E-state index in [9.17, 15) is 14.7 Å². The van der Waals surface area contributed by atoms with Crippen LogP contribution in [0, 0.1) is 0 Å². The van der Waals surface area contributed by atoms with Gasteiger partial charge in [0.05, 0.1) is 6.54 Å². The van der Waals surface area contributed by atoms with E-state index in [2.05, 4.69) is 11.7 Å². The molecule has 0 aromatic carbocycles. The van der Waals surface area contributed by atoms with Gasteiger partial charge >= 0.3 is 12.1 Å². The van der Waals surface area contributed by atoms with Gasteiger partial charge in [0.25, 0.3) is 0 Å². The topological polar surface area (TPSA) is 99.4 Å². The first-order chi connectivity index (χ1) is 9.56. The van der Waals surface area contributed by atoms with Crippen LogP contribution in [0.25, 0.3) is 0 Å². The zero-order valence-electron chi connectivity index (χ0n) is 10.4. The lowest BCUT2D eigenvalue weighted by Crippen LogP contribution is -2.45. The number of hydrogen-bond acceptors (Lipinski definition) is 5. The molecule has 7 nitrogen and oxygen atoms in total. The van der Waals surface area contributed by atoms with E-state index in [1.54, 1.807) is 11.4 Å². The number of fused-ring (bicyclic) bond motifs is 1. The summed E-state index contributed by atoms with van der Waals surface area (Å²) in [5.41, 5.74) is 1.01. The maximum absolute atomic E-state index is 11.3. The maximum atomic E-state index is 11.3. The van der Waals surface area contributed by atoms with Crippen LogP contribution in [0.2, 0.25) is 0 Å². The van der Waals surface area contributed by atoms with Gasteiger partial charge in [-0.05, 0) is 11.4 Å². The molecule has 8 heteroatoms. The predicted molar refractivity (Wildman–Crippen MR) is 72.1 cm³/mol. The summed E-state index contributed by atoms with van der Waals surface area (Å²) in [6, 6.07) is 0.506. The standard InChI is InChI=1S/C12H12N2O5S/c1-2-4-19-13-8-6-14(12(17)18)9(11(15)16)10-7(8)3-5-20-10/h2-3,5,9H,1,4,6H2,(H,15,16)(H,17,18). The number of oxime groups is 1. The van der Waals surface area contributed by atoms with Crippen LogP contribution in [0.3, 0.4) is 0 Å². The van der Waals surface area contributed by atoms with E-state index >= 15 is 0 Å². The van der Waals surface area contributed by atoms with Gasteiger partial charge in [-0.25, -0.2) is 9.59 Å².